The third kappa shape index (κ3) is 10.4. The van der Waals surface area contributed by atoms with Crippen LogP contribution in [-0.2, 0) is 10.0 Å². The smallest absolute Gasteiger partial charge is 0.207 e. The molecule has 0 aliphatic heterocycles. The minimum Gasteiger partial charge on any atom is -0.207 e. The molecule has 0 fully saturated rings. The molecule has 6 heteroatoms. The van der Waals surface area contributed by atoms with Gasteiger partial charge in [0.2, 0.25) is 10.0 Å². The van der Waals surface area contributed by atoms with Gasteiger partial charge in [0.1, 0.15) is 0 Å². The first-order valence-corrected chi connectivity index (χ1v) is 13.9. The number of hydrogen-bond donors (Lipinski definition) is 0. The number of rotatable bonds is 16. The van der Waals surface area contributed by atoms with Gasteiger partial charge in [-0.15, -0.1) is 0 Å². The van der Waals surface area contributed by atoms with Gasteiger partial charge < -0.3 is 0 Å². The van der Waals surface area contributed by atoms with Crippen LogP contribution in [-0.4, -0.2) is 36.5 Å². The standard InChI is InChI=1S/C21H35Br2NO2S/c1-20-12-14-21(15-13-20)27(25,26)24(18-10-6-2-4-8-16-22)19-11-7-3-5-9-17-23/h12-15H,2-11,16-19H2,1H3. The summed E-state index contributed by atoms with van der Waals surface area (Å²) in [6, 6.07) is 7.24. The van der Waals surface area contributed by atoms with Crippen LogP contribution >= 0.6 is 31.9 Å². The van der Waals surface area contributed by atoms with Crippen LogP contribution in [0, 0.1) is 6.92 Å². The first-order valence-electron chi connectivity index (χ1n) is 10.2. The van der Waals surface area contributed by atoms with Crippen molar-refractivity contribution in [2.45, 2.75) is 76.0 Å². The van der Waals surface area contributed by atoms with E-state index in [4.69, 9.17) is 0 Å². The fourth-order valence-corrected chi connectivity index (χ4v) is 5.35. The fourth-order valence-electron chi connectivity index (χ4n) is 3.04. The molecule has 1 aromatic rings. The summed E-state index contributed by atoms with van der Waals surface area (Å²) in [5.74, 6) is 0. The lowest BCUT2D eigenvalue weighted by molar-refractivity contribution is 0.384. The molecule has 0 aromatic heterocycles. The van der Waals surface area contributed by atoms with E-state index < -0.39 is 10.0 Å². The molecule has 0 spiro atoms. The van der Waals surface area contributed by atoms with Crippen LogP contribution in [0.4, 0.5) is 0 Å². The number of benzene rings is 1. The summed E-state index contributed by atoms with van der Waals surface area (Å²) in [6.45, 7) is 3.24. The zero-order chi connectivity index (χ0) is 20.0. The summed E-state index contributed by atoms with van der Waals surface area (Å²) in [7, 11) is -3.39. The van der Waals surface area contributed by atoms with Crippen molar-refractivity contribution >= 4 is 41.9 Å². The molecule has 27 heavy (non-hydrogen) atoms. The van der Waals surface area contributed by atoms with Crippen molar-refractivity contribution in [2.75, 3.05) is 23.7 Å². The first-order chi connectivity index (χ1) is 13.0. The molecule has 0 saturated carbocycles. The number of halogens is 2. The molecule has 1 rings (SSSR count). The molecule has 3 nitrogen and oxygen atoms in total. The Labute approximate surface area is 183 Å². The maximum atomic E-state index is 13.1. The minimum absolute atomic E-state index is 0.423. The second kappa shape index (κ2) is 15.0. The molecule has 0 saturated heterocycles. The van der Waals surface area contributed by atoms with E-state index in [2.05, 4.69) is 31.9 Å². The number of hydrogen-bond acceptors (Lipinski definition) is 2. The van der Waals surface area contributed by atoms with Gasteiger partial charge in [-0.05, 0) is 44.7 Å². The van der Waals surface area contributed by atoms with Crippen LogP contribution < -0.4 is 0 Å². The van der Waals surface area contributed by atoms with Gasteiger partial charge in [-0.1, -0.05) is 88.1 Å². The molecule has 0 unspecified atom stereocenters. The number of nitrogens with zero attached hydrogens (tertiary/aromatic N) is 1. The Morgan fingerprint density at radius 2 is 1.11 bits per heavy atom. The highest BCUT2D eigenvalue weighted by Crippen LogP contribution is 2.19. The Kier molecular flexibility index (Phi) is 14.0. The Hall–Kier alpha value is 0.0900. The molecule has 1 aromatic carbocycles. The highest BCUT2D eigenvalue weighted by Gasteiger charge is 2.23. The number of unbranched alkanes of at least 4 members (excludes halogenated alkanes) is 8. The summed E-state index contributed by atoms with van der Waals surface area (Å²) in [4.78, 5) is 0.423. The van der Waals surface area contributed by atoms with E-state index in [1.165, 1.54) is 38.5 Å². The number of sulfonamides is 1. The van der Waals surface area contributed by atoms with Gasteiger partial charge in [-0.25, -0.2) is 8.42 Å². The van der Waals surface area contributed by atoms with E-state index in [0.717, 1.165) is 41.9 Å². The molecule has 156 valence electrons. The van der Waals surface area contributed by atoms with Crippen LogP contribution in [0.5, 0.6) is 0 Å². The molecule has 0 heterocycles. The minimum atomic E-state index is -3.39. The third-order valence-corrected chi connectivity index (χ3v) is 7.78. The van der Waals surface area contributed by atoms with Gasteiger partial charge >= 0.3 is 0 Å². The highest BCUT2D eigenvalue weighted by molar-refractivity contribution is 9.09. The molecule has 0 amide bonds. The van der Waals surface area contributed by atoms with E-state index >= 15 is 0 Å². The van der Waals surface area contributed by atoms with E-state index in [1.54, 1.807) is 16.4 Å². The van der Waals surface area contributed by atoms with Crippen LogP contribution in [0.3, 0.4) is 0 Å². The molecular weight excluding hydrogens is 490 g/mol. The van der Waals surface area contributed by atoms with E-state index in [1.807, 2.05) is 19.1 Å². The second-order valence-corrected chi connectivity index (χ2v) is 10.7. The van der Waals surface area contributed by atoms with Crippen molar-refractivity contribution in [1.29, 1.82) is 0 Å². The van der Waals surface area contributed by atoms with Gasteiger partial charge in [0, 0.05) is 23.7 Å². The predicted molar refractivity (Wildman–Crippen MR) is 124 cm³/mol. The Bertz CT molecular complexity index is 575. The van der Waals surface area contributed by atoms with Gasteiger partial charge in [0.25, 0.3) is 0 Å². The van der Waals surface area contributed by atoms with Crippen molar-refractivity contribution < 1.29 is 8.42 Å². The third-order valence-electron chi connectivity index (χ3n) is 4.74. The Morgan fingerprint density at radius 3 is 1.56 bits per heavy atom. The number of alkyl halides is 2. The molecule has 0 radical (unpaired) electrons. The summed E-state index contributed by atoms with van der Waals surface area (Å²) in [6.07, 6.45) is 11.2. The first kappa shape index (κ1) is 25.1. The van der Waals surface area contributed by atoms with Gasteiger partial charge in [0.05, 0.1) is 4.90 Å². The lowest BCUT2D eigenvalue weighted by atomic mass is 10.1. The van der Waals surface area contributed by atoms with Crippen LogP contribution in [0.15, 0.2) is 29.2 Å². The molecule has 0 aliphatic carbocycles. The fraction of sp³-hybridized carbons (Fsp3) is 0.714. The number of aryl methyl sites for hydroxylation is 1. The maximum Gasteiger partial charge on any atom is 0.243 e. The lowest BCUT2D eigenvalue weighted by Crippen LogP contribution is -2.33. The molecule has 0 aliphatic rings. The lowest BCUT2D eigenvalue weighted by Gasteiger charge is -2.22. The van der Waals surface area contributed by atoms with Crippen LogP contribution in [0.1, 0.15) is 69.8 Å². The van der Waals surface area contributed by atoms with Gasteiger partial charge in [-0.2, -0.15) is 4.31 Å². The topological polar surface area (TPSA) is 37.4 Å². The van der Waals surface area contributed by atoms with Crippen molar-refractivity contribution in [3.05, 3.63) is 29.8 Å². The van der Waals surface area contributed by atoms with Gasteiger partial charge in [-0.3, -0.25) is 0 Å². The summed E-state index contributed by atoms with van der Waals surface area (Å²) >= 11 is 6.92. The predicted octanol–water partition coefficient (Wildman–Crippen LogP) is 6.68. The van der Waals surface area contributed by atoms with Crippen molar-refractivity contribution in [3.63, 3.8) is 0 Å². The maximum absolute atomic E-state index is 13.1. The Balaban J connectivity index is 2.61. The van der Waals surface area contributed by atoms with Crippen LogP contribution in [0.2, 0.25) is 0 Å². The zero-order valence-corrected chi connectivity index (χ0v) is 20.6. The second-order valence-electron chi connectivity index (χ2n) is 7.13. The van der Waals surface area contributed by atoms with Crippen LogP contribution in [0.25, 0.3) is 0 Å². The molecule has 0 bridgehead atoms. The molecular formula is C21H35Br2NO2S. The zero-order valence-electron chi connectivity index (χ0n) is 16.6. The van der Waals surface area contributed by atoms with Crippen molar-refractivity contribution in [2.24, 2.45) is 0 Å². The van der Waals surface area contributed by atoms with E-state index in [9.17, 15) is 8.42 Å². The van der Waals surface area contributed by atoms with Crippen molar-refractivity contribution in [1.82, 2.24) is 4.31 Å². The highest BCUT2D eigenvalue weighted by atomic mass is 79.9. The normalized spacial score (nSPS) is 12.0. The van der Waals surface area contributed by atoms with E-state index in [0.29, 0.717) is 18.0 Å². The van der Waals surface area contributed by atoms with Crippen molar-refractivity contribution in [3.8, 4) is 0 Å². The summed E-state index contributed by atoms with van der Waals surface area (Å²) in [5, 5.41) is 2.10. The molecule has 0 N–H and O–H groups in total. The summed E-state index contributed by atoms with van der Waals surface area (Å²) in [5.41, 5.74) is 1.08. The Morgan fingerprint density at radius 1 is 0.704 bits per heavy atom. The average Bonchev–Trinajstić information content (AvgIpc) is 2.65. The van der Waals surface area contributed by atoms with Gasteiger partial charge in [0.15, 0.2) is 0 Å². The SMILES string of the molecule is Cc1ccc(S(=O)(=O)N(CCCCCCCBr)CCCCCCCBr)cc1. The van der Waals surface area contributed by atoms with E-state index in [-0.39, 0.29) is 0 Å². The monoisotopic (exact) mass is 523 g/mol. The largest absolute Gasteiger partial charge is 0.243 e. The molecule has 0 atom stereocenters. The average molecular weight is 525 g/mol. The quantitative estimate of drug-likeness (QED) is 0.179. The summed E-state index contributed by atoms with van der Waals surface area (Å²) < 4.78 is 27.9.